The van der Waals surface area contributed by atoms with Gasteiger partial charge in [-0.2, -0.15) is 5.10 Å². The highest BCUT2D eigenvalue weighted by Crippen LogP contribution is 2.32. The number of fused-ring (bicyclic) bond motifs is 1. The molecule has 6 nitrogen and oxygen atoms in total. The van der Waals surface area contributed by atoms with Crippen molar-refractivity contribution in [1.82, 2.24) is 25.8 Å². The van der Waals surface area contributed by atoms with Crippen molar-refractivity contribution in [2.24, 2.45) is 5.92 Å². The lowest BCUT2D eigenvalue weighted by atomic mass is 9.84. The molecule has 2 aliphatic rings. The third-order valence-corrected chi connectivity index (χ3v) is 6.24. The molecule has 6 heteroatoms. The average molecular weight is 387 g/mol. The van der Waals surface area contributed by atoms with Gasteiger partial charge in [-0.15, -0.1) is 0 Å². The van der Waals surface area contributed by atoms with Crippen molar-refractivity contribution in [3.63, 3.8) is 0 Å². The highest BCUT2D eigenvalue weighted by Gasteiger charge is 2.34. The molecule has 1 saturated heterocycles. The molecule has 3 atom stereocenters. The van der Waals surface area contributed by atoms with E-state index in [1.807, 2.05) is 18.2 Å². The summed E-state index contributed by atoms with van der Waals surface area (Å²) in [5.41, 5.74) is 5.60. The minimum Gasteiger partial charge on any atom is -0.351 e. The molecule has 148 valence electrons. The number of carbonyl (C=O) groups is 1. The Hall–Kier alpha value is -2.99. The number of benzene rings is 1. The van der Waals surface area contributed by atoms with Crippen LogP contribution < -0.4 is 10.6 Å². The van der Waals surface area contributed by atoms with Crippen molar-refractivity contribution >= 4 is 5.91 Å². The van der Waals surface area contributed by atoms with Crippen LogP contribution in [0.4, 0.5) is 0 Å². The molecule has 3 aromatic rings. The lowest BCUT2D eigenvalue weighted by Gasteiger charge is -2.26. The number of aromatic amines is 1. The third kappa shape index (κ3) is 3.56. The zero-order chi connectivity index (χ0) is 19.6. The molecule has 1 aromatic carbocycles. The van der Waals surface area contributed by atoms with Gasteiger partial charge in [0.2, 0.25) is 5.91 Å². The quantitative estimate of drug-likeness (QED) is 0.642. The summed E-state index contributed by atoms with van der Waals surface area (Å²) in [6.07, 6.45) is 6.00. The number of hydrogen-bond donors (Lipinski definition) is 3. The van der Waals surface area contributed by atoms with Gasteiger partial charge in [0.1, 0.15) is 0 Å². The Morgan fingerprint density at radius 3 is 2.72 bits per heavy atom. The van der Waals surface area contributed by atoms with E-state index in [9.17, 15) is 4.79 Å². The Morgan fingerprint density at radius 2 is 1.90 bits per heavy atom. The highest BCUT2D eigenvalue weighted by atomic mass is 16.2. The summed E-state index contributed by atoms with van der Waals surface area (Å²) in [4.78, 5) is 17.2. The second-order valence-electron chi connectivity index (χ2n) is 8.00. The zero-order valence-electron chi connectivity index (χ0n) is 16.3. The average Bonchev–Trinajstić information content (AvgIpc) is 3.41. The second-order valence-corrected chi connectivity index (χ2v) is 8.00. The summed E-state index contributed by atoms with van der Waals surface area (Å²) in [5, 5.41) is 14.5. The van der Waals surface area contributed by atoms with E-state index >= 15 is 0 Å². The molecule has 3 unspecified atom stereocenters. The molecule has 3 heterocycles. The number of pyridine rings is 1. The van der Waals surface area contributed by atoms with Crippen molar-refractivity contribution < 1.29 is 4.79 Å². The predicted octanol–water partition coefficient (Wildman–Crippen LogP) is 2.45. The smallest absolute Gasteiger partial charge is 0.223 e. The van der Waals surface area contributed by atoms with Crippen molar-refractivity contribution in [2.75, 3.05) is 13.1 Å². The number of nitrogens with zero attached hydrogens (tertiary/aromatic N) is 2. The van der Waals surface area contributed by atoms with E-state index < -0.39 is 0 Å². The van der Waals surface area contributed by atoms with Crippen LogP contribution in [-0.4, -0.2) is 40.2 Å². The van der Waals surface area contributed by atoms with E-state index in [0.717, 1.165) is 49.3 Å². The van der Waals surface area contributed by atoms with Gasteiger partial charge in [0.05, 0.1) is 5.69 Å². The van der Waals surface area contributed by atoms with Gasteiger partial charge in [0, 0.05) is 60.2 Å². The lowest BCUT2D eigenvalue weighted by Crippen LogP contribution is -2.43. The van der Waals surface area contributed by atoms with Crippen LogP contribution in [0.15, 0.2) is 54.9 Å². The fourth-order valence-corrected chi connectivity index (χ4v) is 4.65. The van der Waals surface area contributed by atoms with Crippen LogP contribution in [0.1, 0.15) is 29.2 Å². The summed E-state index contributed by atoms with van der Waals surface area (Å²) in [6.45, 7) is 1.72. The van der Waals surface area contributed by atoms with Crippen molar-refractivity contribution in [3.8, 4) is 11.3 Å². The molecule has 0 radical (unpaired) electrons. The van der Waals surface area contributed by atoms with Crippen LogP contribution in [0.2, 0.25) is 0 Å². The molecule has 0 spiro atoms. The highest BCUT2D eigenvalue weighted by molar-refractivity contribution is 5.80. The summed E-state index contributed by atoms with van der Waals surface area (Å²) in [6, 6.07) is 14.5. The molecule has 0 saturated carbocycles. The van der Waals surface area contributed by atoms with Crippen LogP contribution >= 0.6 is 0 Å². The van der Waals surface area contributed by atoms with E-state index in [-0.39, 0.29) is 17.9 Å². The number of hydrogen-bond acceptors (Lipinski definition) is 4. The van der Waals surface area contributed by atoms with Gasteiger partial charge >= 0.3 is 0 Å². The standard InChI is InChI=1S/C23H25N5O/c29-23(26-21-14-25-13-19(21)15-4-2-1-3-5-15)17-6-7-20-18(12-17)22(28-27-20)16-8-10-24-11-9-16/h1-5,8-11,17,19,21,25H,6-7,12-14H2,(H,26,29)(H,27,28). The maximum Gasteiger partial charge on any atom is 0.223 e. The number of H-pyrrole nitrogens is 1. The molecular weight excluding hydrogens is 362 g/mol. The van der Waals surface area contributed by atoms with Gasteiger partial charge in [-0.3, -0.25) is 14.9 Å². The normalized spacial score (nSPS) is 23.5. The van der Waals surface area contributed by atoms with Gasteiger partial charge < -0.3 is 10.6 Å². The Morgan fingerprint density at radius 1 is 1.07 bits per heavy atom. The van der Waals surface area contributed by atoms with Gasteiger partial charge in [-0.1, -0.05) is 30.3 Å². The number of nitrogens with one attached hydrogen (secondary N) is 3. The fourth-order valence-electron chi connectivity index (χ4n) is 4.65. The second kappa shape index (κ2) is 7.79. The minimum atomic E-state index is -0.0160. The van der Waals surface area contributed by atoms with E-state index in [1.165, 1.54) is 11.1 Å². The lowest BCUT2D eigenvalue weighted by molar-refractivity contribution is -0.126. The van der Waals surface area contributed by atoms with Gasteiger partial charge in [0.15, 0.2) is 0 Å². The van der Waals surface area contributed by atoms with E-state index in [1.54, 1.807) is 12.4 Å². The largest absolute Gasteiger partial charge is 0.351 e. The van der Waals surface area contributed by atoms with Crippen LogP contribution in [0.25, 0.3) is 11.3 Å². The summed E-state index contributed by atoms with van der Waals surface area (Å²) >= 11 is 0. The Balaban J connectivity index is 1.31. The maximum absolute atomic E-state index is 13.1. The van der Waals surface area contributed by atoms with E-state index in [2.05, 4.69) is 50.1 Å². The number of amides is 1. The van der Waals surface area contributed by atoms with Gasteiger partial charge in [0.25, 0.3) is 0 Å². The molecule has 2 aromatic heterocycles. The minimum absolute atomic E-state index is 0.0160. The SMILES string of the molecule is O=C(NC1CNCC1c1ccccc1)C1CCc2[nH]nc(-c3ccncc3)c2C1. The molecule has 1 fully saturated rings. The first kappa shape index (κ1) is 18.1. The number of aryl methyl sites for hydroxylation is 1. The van der Waals surface area contributed by atoms with Crippen LogP contribution in [0, 0.1) is 5.92 Å². The maximum atomic E-state index is 13.1. The van der Waals surface area contributed by atoms with Crippen LogP contribution in [-0.2, 0) is 17.6 Å². The Labute approximate surface area is 170 Å². The first-order chi connectivity index (χ1) is 14.3. The zero-order valence-corrected chi connectivity index (χ0v) is 16.3. The third-order valence-electron chi connectivity index (χ3n) is 6.24. The van der Waals surface area contributed by atoms with Gasteiger partial charge in [-0.25, -0.2) is 0 Å². The molecular formula is C23H25N5O. The molecule has 1 aliphatic carbocycles. The Kier molecular flexibility index (Phi) is 4.86. The molecule has 1 amide bonds. The van der Waals surface area contributed by atoms with Crippen LogP contribution in [0.3, 0.4) is 0 Å². The monoisotopic (exact) mass is 387 g/mol. The number of aromatic nitrogens is 3. The summed E-state index contributed by atoms with van der Waals surface area (Å²) < 4.78 is 0. The van der Waals surface area contributed by atoms with E-state index in [4.69, 9.17) is 0 Å². The van der Waals surface area contributed by atoms with E-state index in [0.29, 0.717) is 5.92 Å². The number of rotatable bonds is 4. The van der Waals surface area contributed by atoms with Crippen molar-refractivity contribution in [1.29, 1.82) is 0 Å². The molecule has 3 N–H and O–H groups in total. The Bertz CT molecular complexity index is 985. The van der Waals surface area contributed by atoms with Gasteiger partial charge in [-0.05, 0) is 37.0 Å². The summed E-state index contributed by atoms with van der Waals surface area (Å²) in [5.74, 6) is 0.463. The molecule has 29 heavy (non-hydrogen) atoms. The van der Waals surface area contributed by atoms with Crippen molar-refractivity contribution in [2.45, 2.75) is 31.2 Å². The summed E-state index contributed by atoms with van der Waals surface area (Å²) in [7, 11) is 0. The fraction of sp³-hybridized carbons (Fsp3) is 0.348. The molecule has 0 bridgehead atoms. The number of carbonyl (C=O) groups excluding carboxylic acids is 1. The predicted molar refractivity (Wildman–Crippen MR) is 111 cm³/mol. The van der Waals surface area contributed by atoms with Crippen LogP contribution in [0.5, 0.6) is 0 Å². The first-order valence-electron chi connectivity index (χ1n) is 10.3. The molecule has 1 aliphatic heterocycles. The molecule has 5 rings (SSSR count). The topological polar surface area (TPSA) is 82.7 Å². The first-order valence-corrected chi connectivity index (χ1v) is 10.3. The van der Waals surface area contributed by atoms with Crippen molar-refractivity contribution in [3.05, 3.63) is 71.7 Å².